The summed E-state index contributed by atoms with van der Waals surface area (Å²) >= 11 is 0. The standard InChI is InChI=1S/C21H24N4O3S/c26-29(27,16-8-2-1-3-9-16)25-14-6-11-18(25)20-23-24-21(28-20)19-17-10-5-4-7-15(17)12-13-22-19/h4-5,7,10,12-13,16,18H,1-3,6,8-9,11,14H2. The van der Waals surface area contributed by atoms with Crippen LogP contribution in [0.4, 0.5) is 0 Å². The highest BCUT2D eigenvalue weighted by Crippen LogP contribution is 2.38. The second kappa shape index (κ2) is 7.50. The van der Waals surface area contributed by atoms with Crippen LogP contribution in [0.2, 0.25) is 0 Å². The van der Waals surface area contributed by atoms with Gasteiger partial charge in [-0.3, -0.25) is 4.98 Å². The van der Waals surface area contributed by atoms with E-state index in [1.54, 1.807) is 10.5 Å². The van der Waals surface area contributed by atoms with Crippen molar-refractivity contribution in [3.8, 4) is 11.6 Å². The molecule has 3 aromatic rings. The Morgan fingerprint density at radius 3 is 2.66 bits per heavy atom. The minimum atomic E-state index is -3.36. The van der Waals surface area contributed by atoms with Crippen LogP contribution < -0.4 is 0 Å². The predicted molar refractivity (Wildman–Crippen MR) is 110 cm³/mol. The van der Waals surface area contributed by atoms with Crippen molar-refractivity contribution in [1.82, 2.24) is 19.5 Å². The van der Waals surface area contributed by atoms with Crippen molar-refractivity contribution >= 4 is 20.8 Å². The predicted octanol–water partition coefficient (Wildman–Crippen LogP) is 4.08. The molecule has 1 saturated heterocycles. The minimum absolute atomic E-state index is 0.279. The number of hydrogen-bond donors (Lipinski definition) is 0. The summed E-state index contributed by atoms with van der Waals surface area (Å²) in [5.74, 6) is 0.699. The lowest BCUT2D eigenvalue weighted by Gasteiger charge is -2.29. The molecule has 7 nitrogen and oxygen atoms in total. The van der Waals surface area contributed by atoms with Gasteiger partial charge in [-0.1, -0.05) is 43.5 Å². The van der Waals surface area contributed by atoms with Crippen molar-refractivity contribution in [2.75, 3.05) is 6.54 Å². The molecule has 1 aliphatic carbocycles. The van der Waals surface area contributed by atoms with Gasteiger partial charge in [-0.15, -0.1) is 10.2 Å². The van der Waals surface area contributed by atoms with E-state index in [1.165, 1.54) is 0 Å². The van der Waals surface area contributed by atoms with Gasteiger partial charge in [0.2, 0.25) is 15.9 Å². The average molecular weight is 413 g/mol. The molecule has 29 heavy (non-hydrogen) atoms. The molecule has 1 atom stereocenters. The minimum Gasteiger partial charge on any atom is -0.417 e. The number of aromatic nitrogens is 3. The van der Waals surface area contributed by atoms with E-state index in [0.29, 0.717) is 30.4 Å². The summed E-state index contributed by atoms with van der Waals surface area (Å²) in [7, 11) is -3.36. The first kappa shape index (κ1) is 18.7. The fraction of sp³-hybridized carbons (Fsp3) is 0.476. The van der Waals surface area contributed by atoms with Crippen LogP contribution >= 0.6 is 0 Å². The summed E-state index contributed by atoms with van der Waals surface area (Å²) in [5.41, 5.74) is 0.626. The van der Waals surface area contributed by atoms with E-state index in [-0.39, 0.29) is 11.3 Å². The largest absolute Gasteiger partial charge is 0.417 e. The van der Waals surface area contributed by atoms with Gasteiger partial charge >= 0.3 is 0 Å². The number of fused-ring (bicyclic) bond motifs is 1. The van der Waals surface area contributed by atoms with Crippen molar-refractivity contribution in [2.24, 2.45) is 0 Å². The molecule has 0 spiro atoms. The van der Waals surface area contributed by atoms with Gasteiger partial charge in [-0.25, -0.2) is 8.42 Å². The van der Waals surface area contributed by atoms with E-state index in [4.69, 9.17) is 4.42 Å². The van der Waals surface area contributed by atoms with E-state index in [0.717, 1.165) is 49.3 Å². The monoisotopic (exact) mass is 412 g/mol. The molecule has 0 N–H and O–H groups in total. The summed E-state index contributed by atoms with van der Waals surface area (Å²) in [6.45, 7) is 0.522. The van der Waals surface area contributed by atoms with Gasteiger partial charge in [-0.05, 0) is 37.1 Å². The summed E-state index contributed by atoms with van der Waals surface area (Å²) in [6, 6.07) is 9.45. The maximum absolute atomic E-state index is 13.2. The SMILES string of the molecule is O=S(=O)(C1CCCCC1)N1CCCC1c1nnc(-c2nccc3ccccc23)o1. The third-order valence-electron chi connectivity index (χ3n) is 6.11. The van der Waals surface area contributed by atoms with Crippen molar-refractivity contribution in [2.45, 2.75) is 56.2 Å². The average Bonchev–Trinajstić information content (AvgIpc) is 3.44. The quantitative estimate of drug-likeness (QED) is 0.641. The fourth-order valence-corrected chi connectivity index (χ4v) is 6.85. The lowest BCUT2D eigenvalue weighted by molar-refractivity contribution is 0.323. The van der Waals surface area contributed by atoms with Gasteiger partial charge in [0.1, 0.15) is 11.7 Å². The lowest BCUT2D eigenvalue weighted by Crippen LogP contribution is -2.39. The van der Waals surface area contributed by atoms with Crippen molar-refractivity contribution in [1.29, 1.82) is 0 Å². The van der Waals surface area contributed by atoms with Crippen LogP contribution in [0.5, 0.6) is 0 Å². The second-order valence-corrected chi connectivity index (χ2v) is 10.1. The molecule has 8 heteroatoms. The maximum atomic E-state index is 13.2. The van der Waals surface area contributed by atoms with Crippen molar-refractivity contribution in [3.63, 3.8) is 0 Å². The van der Waals surface area contributed by atoms with E-state index < -0.39 is 10.0 Å². The van der Waals surface area contributed by atoms with Gasteiger partial charge in [-0.2, -0.15) is 4.31 Å². The lowest BCUT2D eigenvalue weighted by atomic mass is 10.0. The Hall–Kier alpha value is -2.32. The van der Waals surface area contributed by atoms with Crippen LogP contribution in [-0.2, 0) is 10.0 Å². The molecule has 0 amide bonds. The number of nitrogens with zero attached hydrogens (tertiary/aromatic N) is 4. The number of benzene rings is 1. The highest BCUT2D eigenvalue weighted by atomic mass is 32.2. The topological polar surface area (TPSA) is 89.2 Å². The summed E-state index contributed by atoms with van der Waals surface area (Å²) in [5, 5.41) is 10.1. The van der Waals surface area contributed by atoms with Crippen LogP contribution in [0.1, 0.15) is 56.9 Å². The van der Waals surface area contributed by atoms with Crippen LogP contribution in [0.25, 0.3) is 22.4 Å². The van der Waals surface area contributed by atoms with E-state index in [1.807, 2.05) is 30.3 Å². The Bertz CT molecular complexity index is 1120. The molecule has 2 aromatic heterocycles. The zero-order valence-corrected chi connectivity index (χ0v) is 17.0. The Kier molecular flexibility index (Phi) is 4.83. The van der Waals surface area contributed by atoms with Gasteiger partial charge in [0.25, 0.3) is 5.89 Å². The van der Waals surface area contributed by atoms with Gasteiger partial charge in [0.05, 0.1) is 5.25 Å². The summed E-state index contributed by atoms with van der Waals surface area (Å²) < 4.78 is 34.1. The van der Waals surface area contributed by atoms with Crippen LogP contribution in [0.3, 0.4) is 0 Å². The number of rotatable bonds is 4. The van der Waals surface area contributed by atoms with Gasteiger partial charge in [0, 0.05) is 18.1 Å². The summed E-state index contributed by atoms with van der Waals surface area (Å²) in [4.78, 5) is 4.43. The van der Waals surface area contributed by atoms with Crippen LogP contribution in [-0.4, -0.2) is 39.7 Å². The zero-order chi connectivity index (χ0) is 19.8. The number of sulfonamides is 1. The normalized spacial score (nSPS) is 21.7. The molecule has 1 unspecified atom stereocenters. The highest BCUT2D eigenvalue weighted by Gasteiger charge is 2.42. The van der Waals surface area contributed by atoms with E-state index in [2.05, 4.69) is 15.2 Å². The molecule has 5 rings (SSSR count). The van der Waals surface area contributed by atoms with Crippen molar-refractivity contribution in [3.05, 3.63) is 42.4 Å². The molecule has 0 radical (unpaired) electrons. The van der Waals surface area contributed by atoms with Crippen LogP contribution in [0, 0.1) is 0 Å². The molecule has 2 fully saturated rings. The Balaban J connectivity index is 1.46. The molecular weight excluding hydrogens is 388 g/mol. The van der Waals surface area contributed by atoms with Gasteiger partial charge < -0.3 is 4.42 Å². The molecule has 1 aromatic carbocycles. The highest BCUT2D eigenvalue weighted by molar-refractivity contribution is 7.89. The maximum Gasteiger partial charge on any atom is 0.266 e. The first-order valence-electron chi connectivity index (χ1n) is 10.3. The molecule has 3 heterocycles. The van der Waals surface area contributed by atoms with E-state index in [9.17, 15) is 8.42 Å². The first-order valence-corrected chi connectivity index (χ1v) is 11.8. The molecule has 2 aliphatic rings. The third kappa shape index (κ3) is 3.34. The third-order valence-corrected chi connectivity index (χ3v) is 8.51. The Labute approximate surface area is 170 Å². The molecular formula is C21H24N4O3S. The number of pyridine rings is 1. The molecule has 1 aliphatic heterocycles. The molecule has 152 valence electrons. The van der Waals surface area contributed by atoms with E-state index >= 15 is 0 Å². The second-order valence-electron chi connectivity index (χ2n) is 7.90. The van der Waals surface area contributed by atoms with Crippen LogP contribution in [0.15, 0.2) is 40.9 Å². The summed E-state index contributed by atoms with van der Waals surface area (Å²) in [6.07, 6.45) is 7.83. The number of hydrogen-bond acceptors (Lipinski definition) is 6. The smallest absolute Gasteiger partial charge is 0.266 e. The van der Waals surface area contributed by atoms with Crippen molar-refractivity contribution < 1.29 is 12.8 Å². The molecule has 0 bridgehead atoms. The van der Waals surface area contributed by atoms with Gasteiger partial charge in [0.15, 0.2) is 0 Å². The Morgan fingerprint density at radius 2 is 1.79 bits per heavy atom. The molecule has 1 saturated carbocycles. The Morgan fingerprint density at radius 1 is 0.966 bits per heavy atom. The fourth-order valence-electron chi connectivity index (χ4n) is 4.60. The zero-order valence-electron chi connectivity index (χ0n) is 16.2. The first-order chi connectivity index (χ1) is 14.1.